The van der Waals surface area contributed by atoms with Gasteiger partial charge < -0.3 is 24.5 Å². The summed E-state index contributed by atoms with van der Waals surface area (Å²) in [5, 5.41) is 11.6. The van der Waals surface area contributed by atoms with Crippen LogP contribution >= 0.6 is 0 Å². The Morgan fingerprint density at radius 3 is 2.52 bits per heavy atom. The molecule has 1 aliphatic heterocycles. The Morgan fingerprint density at radius 2 is 1.96 bits per heavy atom. The van der Waals surface area contributed by atoms with Crippen LogP contribution in [0.1, 0.15) is 40.4 Å². The standard InChI is InChI=1S/C15H20N2O6/c1-22-9-6-13(18)17-7-4-10(5-8-17)16-14(19)11-2-3-12(23-11)15(20)21/h2-3,10H,4-9H2,1H3,(H,16,19)(H,20,21). The zero-order chi connectivity index (χ0) is 16.8. The zero-order valence-electron chi connectivity index (χ0n) is 12.9. The molecule has 0 unspecified atom stereocenters. The molecule has 0 aromatic carbocycles. The van der Waals surface area contributed by atoms with Gasteiger partial charge in [0.2, 0.25) is 11.7 Å². The van der Waals surface area contributed by atoms with Crippen LogP contribution in [0.25, 0.3) is 0 Å². The van der Waals surface area contributed by atoms with Crippen molar-refractivity contribution in [2.45, 2.75) is 25.3 Å². The number of carboxylic acid groups (broad SMARTS) is 1. The summed E-state index contributed by atoms with van der Waals surface area (Å²) in [5.41, 5.74) is 0. The van der Waals surface area contributed by atoms with Crippen molar-refractivity contribution in [1.29, 1.82) is 0 Å². The fraction of sp³-hybridized carbons (Fsp3) is 0.533. The van der Waals surface area contributed by atoms with E-state index in [-0.39, 0.29) is 23.5 Å². The molecule has 2 rings (SSSR count). The van der Waals surface area contributed by atoms with Crippen molar-refractivity contribution >= 4 is 17.8 Å². The maximum atomic E-state index is 12.0. The maximum Gasteiger partial charge on any atom is 0.371 e. The van der Waals surface area contributed by atoms with E-state index in [9.17, 15) is 14.4 Å². The van der Waals surface area contributed by atoms with Gasteiger partial charge in [-0.2, -0.15) is 0 Å². The summed E-state index contributed by atoms with van der Waals surface area (Å²) < 4.78 is 9.85. The van der Waals surface area contributed by atoms with Crippen LogP contribution in [0.2, 0.25) is 0 Å². The van der Waals surface area contributed by atoms with Gasteiger partial charge in [0.15, 0.2) is 5.76 Å². The number of rotatable bonds is 6. The van der Waals surface area contributed by atoms with Gasteiger partial charge in [-0.25, -0.2) is 4.79 Å². The number of nitrogens with zero attached hydrogens (tertiary/aromatic N) is 1. The lowest BCUT2D eigenvalue weighted by atomic mass is 10.0. The lowest BCUT2D eigenvalue weighted by Gasteiger charge is -2.32. The lowest BCUT2D eigenvalue weighted by molar-refractivity contribution is -0.133. The average molecular weight is 324 g/mol. The average Bonchev–Trinajstić information content (AvgIpc) is 3.03. The number of hydrogen-bond donors (Lipinski definition) is 2. The van der Waals surface area contributed by atoms with Crippen LogP contribution in [0.4, 0.5) is 0 Å². The second-order valence-corrected chi connectivity index (χ2v) is 5.34. The number of carbonyl (C=O) groups excluding carboxylic acids is 2. The van der Waals surface area contributed by atoms with Crippen molar-refractivity contribution in [2.75, 3.05) is 26.8 Å². The van der Waals surface area contributed by atoms with Crippen LogP contribution in [0.15, 0.2) is 16.5 Å². The van der Waals surface area contributed by atoms with E-state index in [2.05, 4.69) is 5.32 Å². The molecule has 1 aromatic heterocycles. The second-order valence-electron chi connectivity index (χ2n) is 5.34. The number of aromatic carboxylic acids is 1. The molecule has 1 saturated heterocycles. The Bertz CT molecular complexity index is 574. The minimum atomic E-state index is -1.22. The van der Waals surface area contributed by atoms with Crippen LogP contribution in [0.3, 0.4) is 0 Å². The van der Waals surface area contributed by atoms with Crippen LogP contribution < -0.4 is 5.32 Å². The summed E-state index contributed by atoms with van der Waals surface area (Å²) in [4.78, 5) is 36.4. The molecule has 1 aromatic rings. The van der Waals surface area contributed by atoms with Gasteiger partial charge >= 0.3 is 5.97 Å². The minimum Gasteiger partial charge on any atom is -0.475 e. The van der Waals surface area contributed by atoms with Crippen molar-refractivity contribution in [3.63, 3.8) is 0 Å². The van der Waals surface area contributed by atoms with Gasteiger partial charge in [0.05, 0.1) is 13.0 Å². The molecule has 2 heterocycles. The van der Waals surface area contributed by atoms with E-state index in [4.69, 9.17) is 14.3 Å². The first kappa shape index (κ1) is 17.0. The van der Waals surface area contributed by atoms with E-state index in [0.29, 0.717) is 39.0 Å². The van der Waals surface area contributed by atoms with Crippen LogP contribution in [-0.2, 0) is 9.53 Å². The number of carbonyl (C=O) groups is 3. The molecule has 23 heavy (non-hydrogen) atoms. The highest BCUT2D eigenvalue weighted by atomic mass is 16.5. The summed E-state index contributed by atoms with van der Waals surface area (Å²) in [6.45, 7) is 1.55. The van der Waals surface area contributed by atoms with Crippen molar-refractivity contribution in [3.05, 3.63) is 23.7 Å². The van der Waals surface area contributed by atoms with Gasteiger partial charge in [-0.3, -0.25) is 9.59 Å². The molecule has 2 N–H and O–H groups in total. The van der Waals surface area contributed by atoms with Gasteiger partial charge in [0.25, 0.3) is 5.91 Å². The van der Waals surface area contributed by atoms with E-state index in [1.165, 1.54) is 12.1 Å². The fourth-order valence-electron chi connectivity index (χ4n) is 2.45. The van der Waals surface area contributed by atoms with Crippen molar-refractivity contribution in [2.24, 2.45) is 0 Å². The molecule has 1 aliphatic rings. The molecule has 0 saturated carbocycles. The number of furan rings is 1. The quantitative estimate of drug-likeness (QED) is 0.798. The van der Waals surface area contributed by atoms with Gasteiger partial charge in [-0.15, -0.1) is 0 Å². The van der Waals surface area contributed by atoms with E-state index < -0.39 is 11.9 Å². The highest BCUT2D eigenvalue weighted by molar-refractivity contribution is 5.93. The topological polar surface area (TPSA) is 109 Å². The molecule has 1 fully saturated rings. The summed E-state index contributed by atoms with van der Waals surface area (Å²) in [6.07, 6.45) is 1.66. The molecular formula is C15H20N2O6. The largest absolute Gasteiger partial charge is 0.475 e. The van der Waals surface area contributed by atoms with Crippen molar-refractivity contribution < 1.29 is 28.6 Å². The third kappa shape index (κ3) is 4.56. The molecule has 0 aliphatic carbocycles. The molecule has 0 atom stereocenters. The summed E-state index contributed by atoms with van der Waals surface area (Å²) in [5.74, 6) is -1.91. The fourth-order valence-corrected chi connectivity index (χ4v) is 2.45. The Morgan fingerprint density at radius 1 is 1.30 bits per heavy atom. The molecule has 0 radical (unpaired) electrons. The highest BCUT2D eigenvalue weighted by Crippen LogP contribution is 2.13. The summed E-state index contributed by atoms with van der Waals surface area (Å²) in [6, 6.07) is 2.52. The van der Waals surface area contributed by atoms with E-state index in [1.54, 1.807) is 12.0 Å². The number of methoxy groups -OCH3 is 1. The Balaban J connectivity index is 1.80. The smallest absolute Gasteiger partial charge is 0.371 e. The molecule has 8 heteroatoms. The number of likely N-dealkylation sites (tertiary alicyclic amines) is 1. The molecule has 126 valence electrons. The molecule has 8 nitrogen and oxygen atoms in total. The Kier molecular flexibility index (Phi) is 5.75. The number of nitrogens with one attached hydrogen (secondary N) is 1. The first-order valence-corrected chi connectivity index (χ1v) is 7.42. The lowest BCUT2D eigenvalue weighted by Crippen LogP contribution is -2.46. The Hall–Kier alpha value is -2.35. The predicted octanol–water partition coefficient (Wildman–Crippen LogP) is 0.735. The normalized spacial score (nSPS) is 15.4. The first-order chi connectivity index (χ1) is 11.0. The number of ether oxygens (including phenoxy) is 1. The SMILES string of the molecule is COCCC(=O)N1CCC(NC(=O)c2ccc(C(=O)O)o2)CC1. The number of hydrogen-bond acceptors (Lipinski definition) is 5. The molecular weight excluding hydrogens is 304 g/mol. The van der Waals surface area contributed by atoms with Crippen molar-refractivity contribution in [1.82, 2.24) is 10.2 Å². The predicted molar refractivity (Wildman–Crippen MR) is 79.2 cm³/mol. The second kappa shape index (κ2) is 7.77. The summed E-state index contributed by atoms with van der Waals surface area (Å²) in [7, 11) is 1.56. The number of amides is 2. The van der Waals surface area contributed by atoms with Gasteiger partial charge in [-0.05, 0) is 25.0 Å². The van der Waals surface area contributed by atoms with Crippen LogP contribution in [0, 0.1) is 0 Å². The number of carboxylic acids is 1. The monoisotopic (exact) mass is 324 g/mol. The van der Waals surface area contributed by atoms with Gasteiger partial charge in [-0.1, -0.05) is 0 Å². The minimum absolute atomic E-state index is 0.0269. The van der Waals surface area contributed by atoms with Crippen molar-refractivity contribution in [3.8, 4) is 0 Å². The van der Waals surface area contributed by atoms with E-state index in [1.807, 2.05) is 0 Å². The van der Waals surface area contributed by atoms with Gasteiger partial charge in [0, 0.05) is 26.2 Å². The first-order valence-electron chi connectivity index (χ1n) is 7.42. The third-order valence-electron chi connectivity index (χ3n) is 3.74. The highest BCUT2D eigenvalue weighted by Gasteiger charge is 2.25. The Labute approximate surface area is 133 Å². The number of piperidine rings is 1. The van der Waals surface area contributed by atoms with E-state index >= 15 is 0 Å². The maximum absolute atomic E-state index is 12.0. The molecule has 0 spiro atoms. The van der Waals surface area contributed by atoms with Crippen LogP contribution in [-0.4, -0.2) is 60.6 Å². The summed E-state index contributed by atoms with van der Waals surface area (Å²) >= 11 is 0. The third-order valence-corrected chi connectivity index (χ3v) is 3.74. The molecule has 0 bridgehead atoms. The van der Waals surface area contributed by atoms with Crippen LogP contribution in [0.5, 0.6) is 0 Å². The van der Waals surface area contributed by atoms with E-state index in [0.717, 1.165) is 0 Å². The van der Waals surface area contributed by atoms with Gasteiger partial charge in [0.1, 0.15) is 0 Å². The molecule has 2 amide bonds. The zero-order valence-corrected chi connectivity index (χ0v) is 12.9.